The molecule has 1 saturated heterocycles. The molecule has 1 N–H and O–H groups in total. The zero-order valence-corrected chi connectivity index (χ0v) is 15.8. The van der Waals surface area contributed by atoms with E-state index in [1.807, 2.05) is 32.3 Å². The van der Waals surface area contributed by atoms with Gasteiger partial charge in [0.05, 0.1) is 35.4 Å². The van der Waals surface area contributed by atoms with Gasteiger partial charge >= 0.3 is 0 Å². The molecule has 2 aromatic rings. The number of aromatic nitrogens is 2. The molecule has 1 saturated carbocycles. The van der Waals surface area contributed by atoms with E-state index in [2.05, 4.69) is 15.2 Å². The van der Waals surface area contributed by atoms with Crippen molar-refractivity contribution >= 4 is 16.8 Å². The number of rotatable bonds is 6. The first-order chi connectivity index (χ1) is 13.1. The SMILES string of the molecule is CN(C)[C@@H]1[C@@H](NC(=O)CCCn2cnc3ccccc3c2=O)[C@H]2CCO[C@H]21. The molecule has 4 atom stereocenters. The van der Waals surface area contributed by atoms with Gasteiger partial charge in [0.15, 0.2) is 0 Å². The number of para-hydroxylation sites is 1. The standard InChI is InChI=1S/C20H26N4O3/c1-23(2)18-17(14-9-11-27-19(14)18)22-16(25)8-5-10-24-12-21-15-7-4-3-6-13(15)20(24)26/h3-4,6-7,12,14,17-19H,5,8-11H2,1-2H3,(H,22,25)/t14-,17+,18-,19-/m1/s1. The minimum Gasteiger partial charge on any atom is -0.376 e. The number of fused-ring (bicyclic) bond motifs is 2. The molecule has 27 heavy (non-hydrogen) atoms. The number of nitrogens with one attached hydrogen (secondary N) is 1. The molecule has 1 aromatic heterocycles. The van der Waals surface area contributed by atoms with E-state index >= 15 is 0 Å². The Bertz CT molecular complexity index is 894. The van der Waals surface area contributed by atoms with Crippen molar-refractivity contribution in [3.05, 3.63) is 40.9 Å². The maximum absolute atomic E-state index is 12.5. The third-order valence-electron chi connectivity index (χ3n) is 5.81. The first-order valence-corrected chi connectivity index (χ1v) is 9.58. The normalized spacial score (nSPS) is 26.8. The third kappa shape index (κ3) is 3.37. The summed E-state index contributed by atoms with van der Waals surface area (Å²) in [5, 5.41) is 3.80. The van der Waals surface area contributed by atoms with Gasteiger partial charge in [-0.15, -0.1) is 0 Å². The molecule has 0 bridgehead atoms. The number of likely N-dealkylation sites (N-methyl/N-ethyl adjacent to an activating group) is 1. The second-order valence-corrected chi connectivity index (χ2v) is 7.70. The van der Waals surface area contributed by atoms with E-state index in [1.165, 1.54) is 0 Å². The molecule has 0 radical (unpaired) electrons. The van der Waals surface area contributed by atoms with Crippen LogP contribution < -0.4 is 10.9 Å². The van der Waals surface area contributed by atoms with Crippen LogP contribution in [0.2, 0.25) is 0 Å². The van der Waals surface area contributed by atoms with Gasteiger partial charge in [-0.1, -0.05) is 12.1 Å². The zero-order valence-electron chi connectivity index (χ0n) is 15.8. The van der Waals surface area contributed by atoms with Crippen molar-refractivity contribution in [3.8, 4) is 0 Å². The van der Waals surface area contributed by atoms with Crippen LogP contribution in [0.5, 0.6) is 0 Å². The number of hydrogen-bond acceptors (Lipinski definition) is 5. The molecular weight excluding hydrogens is 344 g/mol. The molecule has 144 valence electrons. The minimum absolute atomic E-state index is 0.0407. The van der Waals surface area contributed by atoms with E-state index in [0.29, 0.717) is 36.2 Å². The van der Waals surface area contributed by atoms with E-state index < -0.39 is 0 Å². The average Bonchev–Trinajstić information content (AvgIpc) is 3.05. The maximum Gasteiger partial charge on any atom is 0.261 e. The van der Waals surface area contributed by atoms with Crippen molar-refractivity contribution in [1.29, 1.82) is 0 Å². The summed E-state index contributed by atoms with van der Waals surface area (Å²) in [5.74, 6) is 0.465. The second-order valence-electron chi connectivity index (χ2n) is 7.70. The average molecular weight is 370 g/mol. The highest BCUT2D eigenvalue weighted by molar-refractivity contribution is 5.77. The largest absolute Gasteiger partial charge is 0.376 e. The van der Waals surface area contributed by atoms with Crippen molar-refractivity contribution in [2.45, 2.75) is 44.0 Å². The van der Waals surface area contributed by atoms with E-state index in [-0.39, 0.29) is 29.7 Å². The number of carbonyl (C=O) groups excluding carboxylic acids is 1. The van der Waals surface area contributed by atoms with Gasteiger partial charge in [0, 0.05) is 25.5 Å². The van der Waals surface area contributed by atoms with Crippen molar-refractivity contribution < 1.29 is 9.53 Å². The van der Waals surface area contributed by atoms with Crippen LogP contribution in [0.3, 0.4) is 0 Å². The summed E-state index contributed by atoms with van der Waals surface area (Å²) < 4.78 is 7.37. The number of amides is 1. The van der Waals surface area contributed by atoms with E-state index in [0.717, 1.165) is 13.0 Å². The molecule has 2 fully saturated rings. The van der Waals surface area contributed by atoms with Gasteiger partial charge in [-0.2, -0.15) is 0 Å². The molecule has 2 heterocycles. The smallest absolute Gasteiger partial charge is 0.261 e. The Hall–Kier alpha value is -2.25. The first-order valence-electron chi connectivity index (χ1n) is 9.58. The van der Waals surface area contributed by atoms with Crippen LogP contribution in [0.25, 0.3) is 10.9 Å². The summed E-state index contributed by atoms with van der Waals surface area (Å²) in [6, 6.07) is 7.72. The Morgan fingerprint density at radius 2 is 2.19 bits per heavy atom. The number of aryl methyl sites for hydroxylation is 1. The fourth-order valence-corrected chi connectivity index (χ4v) is 4.42. The molecule has 4 rings (SSSR count). The summed E-state index contributed by atoms with van der Waals surface area (Å²) in [6.45, 7) is 1.27. The quantitative estimate of drug-likeness (QED) is 0.821. The predicted molar refractivity (Wildman–Crippen MR) is 102 cm³/mol. The van der Waals surface area contributed by atoms with Crippen LogP contribution in [0.15, 0.2) is 35.4 Å². The van der Waals surface area contributed by atoms with Crippen molar-refractivity contribution in [2.75, 3.05) is 20.7 Å². The van der Waals surface area contributed by atoms with Crippen molar-refractivity contribution in [3.63, 3.8) is 0 Å². The van der Waals surface area contributed by atoms with Gasteiger partial charge in [-0.25, -0.2) is 4.98 Å². The second kappa shape index (κ2) is 7.40. The van der Waals surface area contributed by atoms with Gasteiger partial charge in [0.25, 0.3) is 5.56 Å². The molecule has 1 aromatic carbocycles. The maximum atomic E-state index is 12.5. The molecule has 7 nitrogen and oxygen atoms in total. The lowest BCUT2D eigenvalue weighted by Crippen LogP contribution is -2.69. The fraction of sp³-hybridized carbons (Fsp3) is 0.550. The molecule has 7 heteroatoms. The van der Waals surface area contributed by atoms with Crippen LogP contribution >= 0.6 is 0 Å². The van der Waals surface area contributed by atoms with Gasteiger partial charge in [-0.3, -0.25) is 14.2 Å². The Labute approximate surface area is 158 Å². The fourth-order valence-electron chi connectivity index (χ4n) is 4.42. The van der Waals surface area contributed by atoms with Crippen LogP contribution in [-0.2, 0) is 16.1 Å². The summed E-state index contributed by atoms with van der Waals surface area (Å²) in [6.07, 6.45) is 3.83. The third-order valence-corrected chi connectivity index (χ3v) is 5.81. The predicted octanol–water partition coefficient (Wildman–Crippen LogP) is 1.01. The van der Waals surface area contributed by atoms with Crippen LogP contribution in [0.1, 0.15) is 19.3 Å². The van der Waals surface area contributed by atoms with E-state index in [1.54, 1.807) is 17.0 Å². The van der Waals surface area contributed by atoms with Gasteiger partial charge in [0.1, 0.15) is 0 Å². The van der Waals surface area contributed by atoms with E-state index in [4.69, 9.17) is 4.74 Å². The monoisotopic (exact) mass is 370 g/mol. The zero-order chi connectivity index (χ0) is 19.0. The molecule has 0 spiro atoms. The topological polar surface area (TPSA) is 76.5 Å². The summed E-state index contributed by atoms with van der Waals surface area (Å²) in [5.41, 5.74) is 0.642. The van der Waals surface area contributed by atoms with Crippen LogP contribution in [-0.4, -0.2) is 59.2 Å². The highest BCUT2D eigenvalue weighted by Crippen LogP contribution is 2.41. The highest BCUT2D eigenvalue weighted by Gasteiger charge is 2.55. The lowest BCUT2D eigenvalue weighted by molar-refractivity contribution is -0.128. The molecule has 1 aliphatic heterocycles. The van der Waals surface area contributed by atoms with E-state index in [9.17, 15) is 9.59 Å². The number of benzene rings is 1. The number of nitrogens with zero attached hydrogens (tertiary/aromatic N) is 3. The number of carbonyl (C=O) groups is 1. The number of hydrogen-bond donors (Lipinski definition) is 1. The molecular formula is C20H26N4O3. The Morgan fingerprint density at radius 1 is 1.37 bits per heavy atom. The first kappa shape index (κ1) is 18.1. The Morgan fingerprint density at radius 3 is 3.00 bits per heavy atom. The highest BCUT2D eigenvalue weighted by atomic mass is 16.5. The van der Waals surface area contributed by atoms with Gasteiger partial charge < -0.3 is 15.0 Å². The summed E-state index contributed by atoms with van der Waals surface area (Å²) in [7, 11) is 4.06. The van der Waals surface area contributed by atoms with Gasteiger partial charge in [-0.05, 0) is 39.1 Å². The Balaban J connectivity index is 1.32. The summed E-state index contributed by atoms with van der Waals surface area (Å²) in [4.78, 5) is 31.4. The number of ether oxygens (including phenoxy) is 1. The van der Waals surface area contributed by atoms with Gasteiger partial charge in [0.2, 0.25) is 5.91 Å². The van der Waals surface area contributed by atoms with Crippen LogP contribution in [0.4, 0.5) is 0 Å². The molecule has 1 aliphatic carbocycles. The minimum atomic E-state index is -0.0568. The molecule has 1 amide bonds. The lowest BCUT2D eigenvalue weighted by atomic mass is 9.71. The van der Waals surface area contributed by atoms with Crippen LogP contribution in [0, 0.1) is 5.92 Å². The molecule has 0 unspecified atom stereocenters. The summed E-state index contributed by atoms with van der Waals surface area (Å²) >= 11 is 0. The Kier molecular flexibility index (Phi) is 4.97. The van der Waals surface area contributed by atoms with Crippen molar-refractivity contribution in [1.82, 2.24) is 19.8 Å². The molecule has 2 aliphatic rings. The van der Waals surface area contributed by atoms with Crippen molar-refractivity contribution in [2.24, 2.45) is 5.92 Å². The lowest BCUT2D eigenvalue weighted by Gasteiger charge is -2.50.